The molecule has 0 fully saturated rings. The Morgan fingerprint density at radius 1 is 1.50 bits per heavy atom. The predicted octanol–water partition coefficient (Wildman–Crippen LogP) is 1.17. The Bertz CT molecular complexity index is 454. The van der Waals surface area contributed by atoms with Crippen LogP contribution in [0.15, 0.2) is 17.3 Å². The van der Waals surface area contributed by atoms with E-state index in [0.29, 0.717) is 26.2 Å². The summed E-state index contributed by atoms with van der Waals surface area (Å²) in [4.78, 5) is 0.201. The number of hydrogen-bond acceptors (Lipinski definition) is 4. The predicted molar refractivity (Wildman–Crippen MR) is 68.9 cm³/mol. The number of nitrogens with zero attached hydrogens (tertiary/aromatic N) is 2. The van der Waals surface area contributed by atoms with Gasteiger partial charge in [-0.3, -0.25) is 4.68 Å². The standard InChI is InChI=1S/C11H21N3O3S/c1-4-17-7-5-6-13-18(15,16)11-8-12-14(9-11)10(2)3/h8-10,13H,4-7H2,1-3H3. The zero-order valence-corrected chi connectivity index (χ0v) is 11.9. The van der Waals surface area contributed by atoms with Gasteiger partial charge in [0.25, 0.3) is 0 Å². The number of aromatic nitrogens is 2. The molecule has 0 amide bonds. The molecule has 1 aromatic rings. The van der Waals surface area contributed by atoms with Gasteiger partial charge in [0.15, 0.2) is 0 Å². The Morgan fingerprint density at radius 2 is 2.22 bits per heavy atom. The van der Waals surface area contributed by atoms with Gasteiger partial charge >= 0.3 is 0 Å². The van der Waals surface area contributed by atoms with Crippen molar-refractivity contribution in [2.24, 2.45) is 0 Å². The van der Waals surface area contributed by atoms with E-state index in [4.69, 9.17) is 4.74 Å². The number of nitrogens with one attached hydrogen (secondary N) is 1. The Labute approximate surface area is 108 Å². The summed E-state index contributed by atoms with van der Waals surface area (Å²) in [6.45, 7) is 7.37. The monoisotopic (exact) mass is 275 g/mol. The first-order valence-corrected chi connectivity index (χ1v) is 7.57. The molecular formula is C11H21N3O3S. The molecule has 0 aliphatic carbocycles. The molecule has 0 atom stereocenters. The summed E-state index contributed by atoms with van der Waals surface area (Å²) in [6.07, 6.45) is 3.56. The van der Waals surface area contributed by atoms with Crippen LogP contribution in [-0.2, 0) is 14.8 Å². The van der Waals surface area contributed by atoms with Gasteiger partial charge in [0.2, 0.25) is 10.0 Å². The molecule has 0 radical (unpaired) electrons. The van der Waals surface area contributed by atoms with E-state index in [9.17, 15) is 8.42 Å². The van der Waals surface area contributed by atoms with Gasteiger partial charge in [-0.1, -0.05) is 0 Å². The highest BCUT2D eigenvalue weighted by Gasteiger charge is 2.16. The van der Waals surface area contributed by atoms with Gasteiger partial charge < -0.3 is 4.74 Å². The van der Waals surface area contributed by atoms with Crippen LogP contribution in [-0.4, -0.2) is 38.0 Å². The minimum absolute atomic E-state index is 0.145. The molecule has 0 spiro atoms. The van der Waals surface area contributed by atoms with Gasteiger partial charge in [0.1, 0.15) is 4.90 Å². The molecule has 6 nitrogen and oxygen atoms in total. The van der Waals surface area contributed by atoms with Crippen LogP contribution in [0, 0.1) is 0 Å². The summed E-state index contributed by atoms with van der Waals surface area (Å²) in [7, 11) is -3.45. The molecule has 1 rings (SSSR count). The zero-order chi connectivity index (χ0) is 13.6. The van der Waals surface area contributed by atoms with Crippen molar-refractivity contribution in [3.8, 4) is 0 Å². The summed E-state index contributed by atoms with van der Waals surface area (Å²) in [6, 6.07) is 0.145. The Balaban J connectivity index is 2.52. The molecule has 1 heterocycles. The first-order valence-electron chi connectivity index (χ1n) is 6.09. The van der Waals surface area contributed by atoms with Crippen LogP contribution in [0.1, 0.15) is 33.2 Å². The Morgan fingerprint density at radius 3 is 2.78 bits per heavy atom. The van der Waals surface area contributed by atoms with E-state index in [1.807, 2.05) is 20.8 Å². The third-order valence-electron chi connectivity index (χ3n) is 2.38. The van der Waals surface area contributed by atoms with E-state index in [0.717, 1.165) is 0 Å². The molecule has 0 bridgehead atoms. The van der Waals surface area contributed by atoms with E-state index >= 15 is 0 Å². The summed E-state index contributed by atoms with van der Waals surface area (Å²) in [5.41, 5.74) is 0. The second-order valence-electron chi connectivity index (χ2n) is 4.20. The molecule has 0 saturated carbocycles. The average Bonchev–Trinajstić information content (AvgIpc) is 2.78. The summed E-state index contributed by atoms with van der Waals surface area (Å²) in [5, 5.41) is 4.01. The zero-order valence-electron chi connectivity index (χ0n) is 11.1. The fourth-order valence-electron chi connectivity index (χ4n) is 1.35. The normalized spacial score (nSPS) is 12.2. The minimum atomic E-state index is -3.45. The fraction of sp³-hybridized carbons (Fsp3) is 0.727. The van der Waals surface area contributed by atoms with Crippen LogP contribution in [0.4, 0.5) is 0 Å². The van der Waals surface area contributed by atoms with Crippen molar-refractivity contribution in [2.45, 2.75) is 38.1 Å². The summed E-state index contributed by atoms with van der Waals surface area (Å²) >= 11 is 0. The molecule has 18 heavy (non-hydrogen) atoms. The van der Waals surface area contributed by atoms with Gasteiger partial charge in [0, 0.05) is 32.0 Å². The van der Waals surface area contributed by atoms with E-state index in [2.05, 4.69) is 9.82 Å². The second kappa shape index (κ2) is 6.86. The number of hydrogen-bond donors (Lipinski definition) is 1. The van der Waals surface area contributed by atoms with Gasteiger partial charge in [-0.2, -0.15) is 5.10 Å². The number of sulfonamides is 1. The highest BCUT2D eigenvalue weighted by atomic mass is 32.2. The van der Waals surface area contributed by atoms with Crippen LogP contribution in [0.5, 0.6) is 0 Å². The average molecular weight is 275 g/mol. The lowest BCUT2D eigenvalue weighted by atomic mass is 10.4. The molecule has 0 aliphatic rings. The van der Waals surface area contributed by atoms with Crippen molar-refractivity contribution in [2.75, 3.05) is 19.8 Å². The molecule has 0 unspecified atom stereocenters. The van der Waals surface area contributed by atoms with Gasteiger partial charge in [-0.05, 0) is 27.2 Å². The van der Waals surface area contributed by atoms with Crippen molar-refractivity contribution in [1.29, 1.82) is 0 Å². The molecule has 7 heteroatoms. The molecular weight excluding hydrogens is 254 g/mol. The number of ether oxygens (including phenoxy) is 1. The van der Waals surface area contributed by atoms with Crippen LogP contribution in [0.3, 0.4) is 0 Å². The van der Waals surface area contributed by atoms with Crippen molar-refractivity contribution in [3.63, 3.8) is 0 Å². The van der Waals surface area contributed by atoms with E-state index in [-0.39, 0.29) is 10.9 Å². The topological polar surface area (TPSA) is 73.2 Å². The summed E-state index contributed by atoms with van der Waals surface area (Å²) < 4.78 is 33.1. The molecule has 1 N–H and O–H groups in total. The molecule has 104 valence electrons. The first kappa shape index (κ1) is 15.1. The maximum atomic E-state index is 11.9. The Kier molecular flexibility index (Phi) is 5.77. The van der Waals surface area contributed by atoms with Gasteiger partial charge in [0.05, 0.1) is 6.20 Å². The summed E-state index contributed by atoms with van der Waals surface area (Å²) in [5.74, 6) is 0. The van der Waals surface area contributed by atoms with Crippen molar-refractivity contribution in [1.82, 2.24) is 14.5 Å². The van der Waals surface area contributed by atoms with Crippen molar-refractivity contribution in [3.05, 3.63) is 12.4 Å². The fourth-order valence-corrected chi connectivity index (χ4v) is 2.36. The highest BCUT2D eigenvalue weighted by Crippen LogP contribution is 2.10. The smallest absolute Gasteiger partial charge is 0.243 e. The maximum absolute atomic E-state index is 11.9. The quantitative estimate of drug-likeness (QED) is 0.723. The molecule has 0 saturated heterocycles. The lowest BCUT2D eigenvalue weighted by Gasteiger charge is -2.05. The third kappa shape index (κ3) is 4.40. The highest BCUT2D eigenvalue weighted by molar-refractivity contribution is 7.89. The molecule has 1 aromatic heterocycles. The lowest BCUT2D eigenvalue weighted by Crippen LogP contribution is -2.25. The third-order valence-corrected chi connectivity index (χ3v) is 3.79. The van der Waals surface area contributed by atoms with Gasteiger partial charge in [-0.15, -0.1) is 0 Å². The second-order valence-corrected chi connectivity index (χ2v) is 5.97. The van der Waals surface area contributed by atoms with Crippen LogP contribution < -0.4 is 4.72 Å². The lowest BCUT2D eigenvalue weighted by molar-refractivity contribution is 0.146. The maximum Gasteiger partial charge on any atom is 0.243 e. The number of rotatable bonds is 8. The molecule has 0 aromatic carbocycles. The van der Waals surface area contributed by atoms with E-state index in [1.54, 1.807) is 4.68 Å². The Hall–Kier alpha value is -0.920. The van der Waals surface area contributed by atoms with E-state index in [1.165, 1.54) is 12.4 Å². The largest absolute Gasteiger partial charge is 0.382 e. The van der Waals surface area contributed by atoms with Crippen molar-refractivity contribution < 1.29 is 13.2 Å². The first-order chi connectivity index (χ1) is 8.47. The van der Waals surface area contributed by atoms with Crippen LogP contribution in [0.2, 0.25) is 0 Å². The van der Waals surface area contributed by atoms with Gasteiger partial charge in [-0.25, -0.2) is 13.1 Å². The molecule has 0 aliphatic heterocycles. The van der Waals surface area contributed by atoms with E-state index < -0.39 is 10.0 Å². The SMILES string of the molecule is CCOCCCNS(=O)(=O)c1cnn(C(C)C)c1. The van der Waals surface area contributed by atoms with Crippen LogP contribution in [0.25, 0.3) is 0 Å². The van der Waals surface area contributed by atoms with Crippen LogP contribution >= 0.6 is 0 Å². The minimum Gasteiger partial charge on any atom is -0.382 e. The van der Waals surface area contributed by atoms with Crippen molar-refractivity contribution >= 4 is 10.0 Å².